The lowest BCUT2D eigenvalue weighted by Crippen LogP contribution is -2.35. The number of nitro groups is 1. The van der Waals surface area contributed by atoms with Gasteiger partial charge in [-0.05, 0) is 42.5 Å². The largest absolute Gasteiger partial charge is 0.271 e. The number of rotatable bonds is 4. The molecule has 0 aliphatic carbocycles. The van der Waals surface area contributed by atoms with Crippen LogP contribution in [0.3, 0.4) is 0 Å². The summed E-state index contributed by atoms with van der Waals surface area (Å²) in [7, 11) is -3.79. The van der Waals surface area contributed by atoms with Crippen molar-refractivity contribution in [3.63, 3.8) is 0 Å². The number of nitrogens with zero attached hydrogens (tertiary/aromatic N) is 2. The molecule has 0 radical (unpaired) electrons. The fourth-order valence-electron chi connectivity index (χ4n) is 3.10. The van der Waals surface area contributed by atoms with Gasteiger partial charge in [-0.25, -0.2) is 8.42 Å². The van der Waals surface area contributed by atoms with Crippen LogP contribution in [0.15, 0.2) is 53.4 Å². The Morgan fingerprint density at radius 1 is 1.12 bits per heavy atom. The third kappa shape index (κ3) is 3.40. The van der Waals surface area contributed by atoms with Crippen molar-refractivity contribution in [3.8, 4) is 0 Å². The van der Waals surface area contributed by atoms with E-state index < -0.39 is 14.9 Å². The molecule has 0 spiro atoms. The summed E-state index contributed by atoms with van der Waals surface area (Å²) in [6.07, 6.45) is 2.52. The first-order chi connectivity index (χ1) is 12.3. The van der Waals surface area contributed by atoms with Crippen molar-refractivity contribution < 1.29 is 13.3 Å². The predicted octanol–water partition coefficient (Wildman–Crippen LogP) is 3.69. The summed E-state index contributed by atoms with van der Waals surface area (Å²) in [5.74, 6) is 0. The molecule has 7 heteroatoms. The van der Waals surface area contributed by atoms with Crippen molar-refractivity contribution in [1.82, 2.24) is 4.31 Å². The van der Waals surface area contributed by atoms with E-state index >= 15 is 0 Å². The lowest BCUT2D eigenvalue weighted by atomic mass is 10.0. The Morgan fingerprint density at radius 3 is 2.38 bits per heavy atom. The summed E-state index contributed by atoms with van der Waals surface area (Å²) in [5, 5.41) is 11.1. The van der Waals surface area contributed by atoms with Crippen LogP contribution in [0.1, 0.15) is 23.1 Å². The Hall–Kier alpha value is -2.51. The lowest BCUT2D eigenvalue weighted by molar-refractivity contribution is -0.385. The molecule has 0 aromatic heterocycles. The van der Waals surface area contributed by atoms with Gasteiger partial charge in [0.2, 0.25) is 10.0 Å². The molecule has 6 nitrogen and oxygen atoms in total. The third-order valence-corrected chi connectivity index (χ3v) is 6.74. The van der Waals surface area contributed by atoms with Crippen LogP contribution in [-0.2, 0) is 10.0 Å². The topological polar surface area (TPSA) is 80.5 Å². The zero-order valence-corrected chi connectivity index (χ0v) is 15.5. The molecule has 0 amide bonds. The maximum absolute atomic E-state index is 13.1. The minimum Gasteiger partial charge on any atom is -0.258 e. The normalized spacial score (nSPS) is 15.5. The minimum absolute atomic E-state index is 0.0146. The van der Waals surface area contributed by atoms with E-state index in [1.165, 1.54) is 10.4 Å². The molecule has 26 heavy (non-hydrogen) atoms. The SMILES string of the molecule is Cc1cc([N+](=O)[O-])cc(S(=O)(=O)N2CC=C(c3ccccc3)CC2)c1C. The summed E-state index contributed by atoms with van der Waals surface area (Å²) >= 11 is 0. The molecule has 0 saturated heterocycles. The predicted molar refractivity (Wildman–Crippen MR) is 100 cm³/mol. The first kappa shape index (κ1) is 18.3. The van der Waals surface area contributed by atoms with Crippen LogP contribution < -0.4 is 0 Å². The van der Waals surface area contributed by atoms with Crippen molar-refractivity contribution in [3.05, 3.63) is 75.3 Å². The van der Waals surface area contributed by atoms with E-state index in [-0.39, 0.29) is 17.1 Å². The molecule has 3 rings (SSSR count). The highest BCUT2D eigenvalue weighted by atomic mass is 32.2. The molecule has 2 aromatic carbocycles. The van der Waals surface area contributed by atoms with E-state index in [0.29, 0.717) is 24.1 Å². The zero-order chi connectivity index (χ0) is 18.9. The number of hydrogen-bond acceptors (Lipinski definition) is 4. The van der Waals surface area contributed by atoms with Gasteiger partial charge in [0, 0.05) is 25.2 Å². The van der Waals surface area contributed by atoms with Gasteiger partial charge in [-0.1, -0.05) is 36.4 Å². The van der Waals surface area contributed by atoms with E-state index in [1.807, 2.05) is 36.4 Å². The van der Waals surface area contributed by atoms with Gasteiger partial charge in [-0.2, -0.15) is 4.31 Å². The molecule has 2 aromatic rings. The maximum atomic E-state index is 13.1. The highest BCUT2D eigenvalue weighted by Crippen LogP contribution is 2.30. The van der Waals surface area contributed by atoms with Crippen LogP contribution in [0.5, 0.6) is 0 Å². The fourth-order valence-corrected chi connectivity index (χ4v) is 4.80. The average molecular weight is 372 g/mol. The lowest BCUT2D eigenvalue weighted by Gasteiger charge is -2.26. The summed E-state index contributed by atoms with van der Waals surface area (Å²) in [6, 6.07) is 12.4. The smallest absolute Gasteiger partial charge is 0.258 e. The molecule has 0 bridgehead atoms. The number of non-ortho nitro benzene ring substituents is 1. The van der Waals surface area contributed by atoms with Gasteiger partial charge in [0.15, 0.2) is 0 Å². The van der Waals surface area contributed by atoms with E-state index in [1.54, 1.807) is 13.8 Å². The molecule has 0 N–H and O–H groups in total. The average Bonchev–Trinajstić information content (AvgIpc) is 2.64. The van der Waals surface area contributed by atoms with E-state index in [0.717, 1.165) is 17.2 Å². The van der Waals surface area contributed by atoms with Crippen molar-refractivity contribution >= 4 is 21.3 Å². The van der Waals surface area contributed by atoms with Crippen molar-refractivity contribution in [2.75, 3.05) is 13.1 Å². The standard InChI is InChI=1S/C19H20N2O4S/c1-14-12-18(21(22)23)13-19(15(14)2)26(24,25)20-10-8-17(9-11-20)16-6-4-3-5-7-16/h3-8,12-13H,9-11H2,1-2H3. The molecule has 1 aliphatic rings. The van der Waals surface area contributed by atoms with Crippen LogP contribution in [-0.4, -0.2) is 30.7 Å². The molecule has 0 fully saturated rings. The second-order valence-corrected chi connectivity index (χ2v) is 8.26. The van der Waals surface area contributed by atoms with Crippen LogP contribution in [0, 0.1) is 24.0 Å². The molecule has 1 heterocycles. The number of hydrogen-bond donors (Lipinski definition) is 0. The number of benzene rings is 2. The highest BCUT2D eigenvalue weighted by Gasteiger charge is 2.30. The Labute approximate surface area is 153 Å². The van der Waals surface area contributed by atoms with Gasteiger partial charge in [-0.15, -0.1) is 0 Å². The molecule has 136 valence electrons. The monoisotopic (exact) mass is 372 g/mol. The summed E-state index contributed by atoms with van der Waals surface area (Å²) < 4.78 is 27.5. The second kappa shape index (κ2) is 7.01. The molecule has 1 aliphatic heterocycles. The Balaban J connectivity index is 1.93. The van der Waals surface area contributed by atoms with Gasteiger partial charge < -0.3 is 0 Å². The van der Waals surface area contributed by atoms with Crippen LogP contribution in [0.4, 0.5) is 5.69 Å². The maximum Gasteiger partial charge on any atom is 0.271 e. The Bertz CT molecular complexity index is 982. The van der Waals surface area contributed by atoms with Crippen LogP contribution in [0.25, 0.3) is 5.57 Å². The number of aryl methyl sites for hydroxylation is 1. The van der Waals surface area contributed by atoms with Crippen molar-refractivity contribution in [2.24, 2.45) is 0 Å². The van der Waals surface area contributed by atoms with E-state index in [4.69, 9.17) is 0 Å². The van der Waals surface area contributed by atoms with Gasteiger partial charge in [0.05, 0.1) is 9.82 Å². The van der Waals surface area contributed by atoms with Gasteiger partial charge in [0.1, 0.15) is 0 Å². The van der Waals surface area contributed by atoms with Gasteiger partial charge >= 0.3 is 0 Å². The van der Waals surface area contributed by atoms with Gasteiger partial charge in [0.25, 0.3) is 5.69 Å². The molecular formula is C19H20N2O4S. The third-order valence-electron chi connectivity index (χ3n) is 4.75. The molecule has 0 saturated carbocycles. The fraction of sp³-hybridized carbons (Fsp3) is 0.263. The Morgan fingerprint density at radius 2 is 1.81 bits per heavy atom. The molecule has 0 atom stereocenters. The van der Waals surface area contributed by atoms with Crippen LogP contribution in [0.2, 0.25) is 0 Å². The Kier molecular flexibility index (Phi) is 4.93. The van der Waals surface area contributed by atoms with Crippen molar-refractivity contribution in [1.29, 1.82) is 0 Å². The quantitative estimate of drug-likeness (QED) is 0.605. The summed E-state index contributed by atoms with van der Waals surface area (Å²) in [5.41, 5.74) is 3.14. The zero-order valence-electron chi connectivity index (χ0n) is 14.7. The van der Waals surface area contributed by atoms with Crippen molar-refractivity contribution in [2.45, 2.75) is 25.2 Å². The van der Waals surface area contributed by atoms with E-state index in [2.05, 4.69) is 0 Å². The number of nitro benzene ring substituents is 1. The molecular weight excluding hydrogens is 352 g/mol. The number of sulfonamides is 1. The molecule has 0 unspecified atom stereocenters. The first-order valence-corrected chi connectivity index (χ1v) is 9.75. The van der Waals surface area contributed by atoms with Gasteiger partial charge in [-0.3, -0.25) is 10.1 Å². The summed E-state index contributed by atoms with van der Waals surface area (Å²) in [4.78, 5) is 10.6. The minimum atomic E-state index is -3.79. The van der Waals surface area contributed by atoms with Crippen LogP contribution >= 0.6 is 0 Å². The van der Waals surface area contributed by atoms with E-state index in [9.17, 15) is 18.5 Å². The summed E-state index contributed by atoms with van der Waals surface area (Å²) in [6.45, 7) is 3.98. The first-order valence-electron chi connectivity index (χ1n) is 8.31. The highest BCUT2D eigenvalue weighted by molar-refractivity contribution is 7.89. The second-order valence-electron chi connectivity index (χ2n) is 6.35.